The van der Waals surface area contributed by atoms with E-state index in [4.69, 9.17) is 10.5 Å². The zero-order valence-corrected chi connectivity index (χ0v) is 11.6. The summed E-state index contributed by atoms with van der Waals surface area (Å²) in [6.07, 6.45) is 0.437. The molecule has 0 unspecified atom stereocenters. The van der Waals surface area contributed by atoms with Gasteiger partial charge in [0.25, 0.3) is 0 Å². The zero-order chi connectivity index (χ0) is 13.8. The monoisotopic (exact) mass is 250 g/mol. The molecule has 0 bridgehead atoms. The molecule has 0 heterocycles. The van der Waals surface area contributed by atoms with E-state index in [-0.39, 0.29) is 11.3 Å². The molecule has 1 amide bonds. The molecule has 4 nitrogen and oxygen atoms in total. The Kier molecular flexibility index (Phi) is 4.73. The maximum Gasteiger partial charge on any atom is 0.227 e. The van der Waals surface area contributed by atoms with Gasteiger partial charge >= 0.3 is 0 Å². The standard InChI is InChI=1S/C14H22N2O2/c1-14(2,10-15)9-13(17)16(3)11-5-7-12(18-4)8-6-11/h5-8H,9-10,15H2,1-4H3. The Morgan fingerprint density at radius 3 is 2.33 bits per heavy atom. The molecule has 0 spiro atoms. The number of nitrogens with two attached hydrogens (primary N) is 1. The van der Waals surface area contributed by atoms with Crippen LogP contribution in [0.4, 0.5) is 5.69 Å². The first-order valence-corrected chi connectivity index (χ1v) is 6.00. The third-order valence-electron chi connectivity index (χ3n) is 3.02. The van der Waals surface area contributed by atoms with E-state index in [1.807, 2.05) is 38.1 Å². The minimum absolute atomic E-state index is 0.0654. The zero-order valence-electron chi connectivity index (χ0n) is 11.6. The summed E-state index contributed by atoms with van der Waals surface area (Å²) < 4.78 is 5.09. The Bertz CT molecular complexity index is 399. The lowest BCUT2D eigenvalue weighted by Crippen LogP contribution is -2.34. The molecule has 0 atom stereocenters. The van der Waals surface area contributed by atoms with Gasteiger partial charge in [0.05, 0.1) is 7.11 Å². The topological polar surface area (TPSA) is 55.6 Å². The smallest absolute Gasteiger partial charge is 0.227 e. The Morgan fingerprint density at radius 1 is 1.33 bits per heavy atom. The summed E-state index contributed by atoms with van der Waals surface area (Å²) in [6, 6.07) is 7.42. The molecule has 0 aliphatic carbocycles. The quantitative estimate of drug-likeness (QED) is 0.870. The van der Waals surface area contributed by atoms with E-state index >= 15 is 0 Å². The van der Waals surface area contributed by atoms with Crippen LogP contribution in [-0.4, -0.2) is 26.6 Å². The largest absolute Gasteiger partial charge is 0.497 e. The molecule has 0 aliphatic rings. The molecule has 1 aromatic rings. The van der Waals surface area contributed by atoms with Crippen LogP contribution in [0.15, 0.2) is 24.3 Å². The van der Waals surface area contributed by atoms with Gasteiger partial charge in [-0.3, -0.25) is 4.79 Å². The summed E-state index contributed by atoms with van der Waals surface area (Å²) in [5, 5.41) is 0. The predicted octanol–water partition coefficient (Wildman–Crippen LogP) is 2.03. The summed E-state index contributed by atoms with van der Waals surface area (Å²) in [5.74, 6) is 0.845. The van der Waals surface area contributed by atoms with E-state index in [1.165, 1.54) is 0 Å². The van der Waals surface area contributed by atoms with Crippen LogP contribution in [0.5, 0.6) is 5.75 Å². The van der Waals surface area contributed by atoms with E-state index < -0.39 is 0 Å². The molecule has 2 N–H and O–H groups in total. The third-order valence-corrected chi connectivity index (χ3v) is 3.02. The lowest BCUT2D eigenvalue weighted by molar-refractivity contribution is -0.120. The van der Waals surface area contributed by atoms with Crippen molar-refractivity contribution in [3.63, 3.8) is 0 Å². The van der Waals surface area contributed by atoms with Gasteiger partial charge in [-0.25, -0.2) is 0 Å². The molecule has 4 heteroatoms. The molecule has 0 aromatic heterocycles. The van der Waals surface area contributed by atoms with Gasteiger partial charge < -0.3 is 15.4 Å². The molecule has 18 heavy (non-hydrogen) atoms. The Labute approximate surface area is 109 Å². The van der Waals surface area contributed by atoms with Crippen LogP contribution in [0.3, 0.4) is 0 Å². The minimum Gasteiger partial charge on any atom is -0.497 e. The number of methoxy groups -OCH3 is 1. The van der Waals surface area contributed by atoms with E-state index in [9.17, 15) is 4.79 Å². The van der Waals surface area contributed by atoms with Crippen LogP contribution in [-0.2, 0) is 4.79 Å². The number of benzene rings is 1. The summed E-state index contributed by atoms with van der Waals surface area (Å²) in [4.78, 5) is 13.8. The molecular weight excluding hydrogens is 228 g/mol. The number of anilines is 1. The van der Waals surface area contributed by atoms with Crippen molar-refractivity contribution in [3.8, 4) is 5.75 Å². The maximum atomic E-state index is 12.1. The second-order valence-electron chi connectivity index (χ2n) is 5.20. The summed E-state index contributed by atoms with van der Waals surface area (Å²) >= 11 is 0. The number of hydrogen-bond acceptors (Lipinski definition) is 3. The van der Waals surface area contributed by atoms with Gasteiger partial charge in [0.1, 0.15) is 5.75 Å². The van der Waals surface area contributed by atoms with E-state index in [0.717, 1.165) is 11.4 Å². The first-order chi connectivity index (χ1) is 8.39. The molecule has 0 saturated heterocycles. The second kappa shape index (κ2) is 5.87. The Hall–Kier alpha value is -1.55. The van der Waals surface area contributed by atoms with Crippen molar-refractivity contribution < 1.29 is 9.53 Å². The highest BCUT2D eigenvalue weighted by Gasteiger charge is 2.22. The van der Waals surface area contributed by atoms with Crippen molar-refractivity contribution in [2.75, 3.05) is 25.6 Å². The molecular formula is C14H22N2O2. The number of ether oxygens (including phenoxy) is 1. The van der Waals surface area contributed by atoms with Gasteiger partial charge in [-0.1, -0.05) is 13.8 Å². The molecule has 0 saturated carbocycles. The average molecular weight is 250 g/mol. The van der Waals surface area contributed by atoms with Gasteiger partial charge in [-0.2, -0.15) is 0 Å². The molecule has 1 rings (SSSR count). The fraction of sp³-hybridized carbons (Fsp3) is 0.500. The normalized spacial score (nSPS) is 11.2. The Morgan fingerprint density at radius 2 is 1.89 bits per heavy atom. The van der Waals surface area contributed by atoms with Crippen LogP contribution in [0, 0.1) is 5.41 Å². The summed E-state index contributed by atoms with van der Waals surface area (Å²) in [7, 11) is 3.39. The van der Waals surface area contributed by atoms with Crippen molar-refractivity contribution in [3.05, 3.63) is 24.3 Å². The van der Waals surface area contributed by atoms with Crippen molar-refractivity contribution >= 4 is 11.6 Å². The number of carbonyl (C=O) groups is 1. The summed E-state index contributed by atoms with van der Waals surface area (Å²) in [5.41, 5.74) is 6.33. The number of hydrogen-bond donors (Lipinski definition) is 1. The van der Waals surface area contributed by atoms with Gasteiger partial charge in [0.15, 0.2) is 0 Å². The van der Waals surface area contributed by atoms with E-state index in [2.05, 4.69) is 0 Å². The highest BCUT2D eigenvalue weighted by Crippen LogP contribution is 2.23. The van der Waals surface area contributed by atoms with E-state index in [1.54, 1.807) is 19.1 Å². The fourth-order valence-corrected chi connectivity index (χ4v) is 1.55. The number of amides is 1. The van der Waals surface area contributed by atoms with E-state index in [0.29, 0.717) is 13.0 Å². The lowest BCUT2D eigenvalue weighted by atomic mass is 9.89. The molecule has 0 aliphatic heterocycles. The van der Waals surface area contributed by atoms with Crippen molar-refractivity contribution in [2.24, 2.45) is 11.1 Å². The van der Waals surface area contributed by atoms with Gasteiger partial charge in [-0.15, -0.1) is 0 Å². The highest BCUT2D eigenvalue weighted by atomic mass is 16.5. The maximum absolute atomic E-state index is 12.1. The van der Waals surface area contributed by atoms with Crippen LogP contribution in [0.25, 0.3) is 0 Å². The van der Waals surface area contributed by atoms with Gasteiger partial charge in [0, 0.05) is 19.2 Å². The van der Waals surface area contributed by atoms with Crippen LogP contribution in [0.1, 0.15) is 20.3 Å². The third kappa shape index (κ3) is 3.74. The van der Waals surface area contributed by atoms with Crippen LogP contribution >= 0.6 is 0 Å². The van der Waals surface area contributed by atoms with Gasteiger partial charge in [0.2, 0.25) is 5.91 Å². The van der Waals surface area contributed by atoms with Crippen LogP contribution < -0.4 is 15.4 Å². The molecule has 100 valence electrons. The molecule has 1 aromatic carbocycles. The SMILES string of the molecule is COc1ccc(N(C)C(=O)CC(C)(C)CN)cc1. The minimum atomic E-state index is -0.169. The highest BCUT2D eigenvalue weighted by molar-refractivity contribution is 5.93. The Balaban J connectivity index is 2.73. The molecule has 0 fully saturated rings. The number of carbonyl (C=O) groups excluding carboxylic acids is 1. The summed E-state index contributed by atoms with van der Waals surface area (Å²) in [6.45, 7) is 4.48. The van der Waals surface area contributed by atoms with Crippen molar-refractivity contribution in [1.82, 2.24) is 0 Å². The number of rotatable bonds is 5. The predicted molar refractivity (Wildman–Crippen MR) is 73.9 cm³/mol. The lowest BCUT2D eigenvalue weighted by Gasteiger charge is -2.25. The van der Waals surface area contributed by atoms with Crippen molar-refractivity contribution in [2.45, 2.75) is 20.3 Å². The fourth-order valence-electron chi connectivity index (χ4n) is 1.55. The van der Waals surface area contributed by atoms with Crippen LogP contribution in [0.2, 0.25) is 0 Å². The first-order valence-electron chi connectivity index (χ1n) is 6.00. The van der Waals surface area contributed by atoms with Crippen molar-refractivity contribution in [1.29, 1.82) is 0 Å². The number of nitrogens with zero attached hydrogens (tertiary/aromatic N) is 1. The molecule has 0 radical (unpaired) electrons. The average Bonchev–Trinajstić information content (AvgIpc) is 2.37. The second-order valence-corrected chi connectivity index (χ2v) is 5.20. The van der Waals surface area contributed by atoms with Gasteiger partial charge in [-0.05, 0) is 36.2 Å². The first kappa shape index (κ1) is 14.5.